The first-order valence-electron chi connectivity index (χ1n) is 8.20. The molecule has 0 bridgehead atoms. The Morgan fingerprint density at radius 3 is 2.80 bits per heavy atom. The second kappa shape index (κ2) is 6.35. The highest BCUT2D eigenvalue weighted by Crippen LogP contribution is 2.29. The molecule has 0 atom stereocenters. The molecule has 7 nitrogen and oxygen atoms in total. The molecule has 25 heavy (non-hydrogen) atoms. The predicted molar refractivity (Wildman–Crippen MR) is 95.6 cm³/mol. The van der Waals surface area contributed by atoms with Gasteiger partial charge in [0.1, 0.15) is 0 Å². The van der Waals surface area contributed by atoms with Crippen LogP contribution in [0.2, 0.25) is 0 Å². The monoisotopic (exact) mass is 334 g/mol. The summed E-state index contributed by atoms with van der Waals surface area (Å²) >= 11 is 0. The number of rotatable bonds is 3. The molecule has 1 aromatic heterocycles. The van der Waals surface area contributed by atoms with E-state index in [1.54, 1.807) is 24.3 Å². The number of carbonyl (C=O) groups excluding carboxylic acids is 1. The van der Waals surface area contributed by atoms with Crippen LogP contribution in [0.3, 0.4) is 0 Å². The van der Waals surface area contributed by atoms with Crippen LogP contribution in [-0.4, -0.2) is 40.1 Å². The minimum Gasteiger partial charge on any atom is -0.374 e. The second-order valence-corrected chi connectivity index (χ2v) is 6.14. The zero-order chi connectivity index (χ0) is 17.2. The molecule has 0 unspecified atom stereocenters. The van der Waals surface area contributed by atoms with Crippen molar-refractivity contribution < 1.29 is 4.79 Å². The number of carbonyl (C=O) groups is 1. The Kier molecular flexibility index (Phi) is 3.89. The lowest BCUT2D eigenvalue weighted by Gasteiger charge is -2.28. The Morgan fingerprint density at radius 2 is 2.04 bits per heavy atom. The number of anilines is 2. The fourth-order valence-electron chi connectivity index (χ4n) is 3.09. The summed E-state index contributed by atoms with van der Waals surface area (Å²) in [7, 11) is 2.08. The van der Waals surface area contributed by atoms with Crippen molar-refractivity contribution in [1.82, 2.24) is 20.6 Å². The normalized spacial score (nSPS) is 13.4. The number of benzene rings is 2. The molecule has 0 radical (unpaired) electrons. The number of nitrogens with zero attached hydrogens (tertiary/aromatic N) is 4. The average molecular weight is 334 g/mol. The molecular formula is C18H18N6O. The van der Waals surface area contributed by atoms with Gasteiger partial charge in [0.2, 0.25) is 5.82 Å². The lowest BCUT2D eigenvalue weighted by Crippen LogP contribution is -2.24. The van der Waals surface area contributed by atoms with Crippen molar-refractivity contribution in [2.45, 2.75) is 12.8 Å². The molecule has 2 aromatic carbocycles. The number of hydrogen-bond acceptors (Lipinski definition) is 5. The van der Waals surface area contributed by atoms with Gasteiger partial charge in [-0.1, -0.05) is 18.2 Å². The van der Waals surface area contributed by atoms with E-state index in [9.17, 15) is 4.79 Å². The number of tetrazole rings is 1. The molecule has 126 valence electrons. The number of nitrogens with one attached hydrogen (secondary N) is 2. The van der Waals surface area contributed by atoms with Gasteiger partial charge in [-0.2, -0.15) is 5.21 Å². The Labute approximate surface area is 145 Å². The molecule has 2 heterocycles. The molecule has 0 aliphatic carbocycles. The summed E-state index contributed by atoms with van der Waals surface area (Å²) in [4.78, 5) is 14.7. The van der Waals surface area contributed by atoms with Gasteiger partial charge < -0.3 is 10.2 Å². The van der Waals surface area contributed by atoms with Crippen LogP contribution in [0.25, 0.3) is 11.4 Å². The van der Waals surface area contributed by atoms with Crippen molar-refractivity contribution in [2.75, 3.05) is 23.8 Å². The maximum absolute atomic E-state index is 12.5. The van der Waals surface area contributed by atoms with Gasteiger partial charge in [0.05, 0.1) is 0 Å². The zero-order valence-electron chi connectivity index (χ0n) is 13.9. The number of H-pyrrole nitrogens is 1. The van der Waals surface area contributed by atoms with Gasteiger partial charge in [0.15, 0.2) is 0 Å². The van der Waals surface area contributed by atoms with Crippen molar-refractivity contribution in [3.63, 3.8) is 0 Å². The number of amides is 1. The zero-order valence-corrected chi connectivity index (χ0v) is 13.9. The molecule has 2 N–H and O–H groups in total. The van der Waals surface area contributed by atoms with Gasteiger partial charge in [-0.15, -0.1) is 10.2 Å². The standard InChI is InChI=1S/C18H18N6O/c1-24-10-2-3-12-8-9-15(11-16(12)24)19-18(25)14-6-4-13(5-7-14)17-20-22-23-21-17/h4-9,11H,2-3,10H2,1H3,(H,19,25)(H,20,21,22,23). The van der Waals surface area contributed by atoms with Crippen LogP contribution >= 0.6 is 0 Å². The highest BCUT2D eigenvalue weighted by molar-refractivity contribution is 6.04. The summed E-state index contributed by atoms with van der Waals surface area (Å²) in [5.74, 6) is 0.364. The summed E-state index contributed by atoms with van der Waals surface area (Å²) in [6.07, 6.45) is 2.26. The summed E-state index contributed by atoms with van der Waals surface area (Å²) < 4.78 is 0. The first kappa shape index (κ1) is 15.3. The fraction of sp³-hybridized carbons (Fsp3) is 0.222. The van der Waals surface area contributed by atoms with E-state index >= 15 is 0 Å². The van der Waals surface area contributed by atoms with Crippen LogP contribution < -0.4 is 10.2 Å². The van der Waals surface area contributed by atoms with Gasteiger partial charge in [-0.05, 0) is 47.9 Å². The smallest absolute Gasteiger partial charge is 0.255 e. The topological polar surface area (TPSA) is 86.8 Å². The minimum absolute atomic E-state index is 0.141. The van der Waals surface area contributed by atoms with Gasteiger partial charge in [-0.25, -0.2) is 0 Å². The molecule has 0 saturated heterocycles. The predicted octanol–water partition coefficient (Wildman–Crippen LogP) is 2.50. The lowest BCUT2D eigenvalue weighted by molar-refractivity contribution is 0.102. The van der Waals surface area contributed by atoms with Gasteiger partial charge in [-0.3, -0.25) is 4.79 Å². The fourth-order valence-corrected chi connectivity index (χ4v) is 3.09. The molecule has 7 heteroatoms. The van der Waals surface area contributed by atoms with E-state index in [0.717, 1.165) is 24.2 Å². The Hall–Kier alpha value is -3.22. The molecule has 3 aromatic rings. The summed E-state index contributed by atoms with van der Waals surface area (Å²) in [5.41, 5.74) is 4.71. The lowest BCUT2D eigenvalue weighted by atomic mass is 10.0. The minimum atomic E-state index is -0.141. The molecule has 1 amide bonds. The van der Waals surface area contributed by atoms with Crippen LogP contribution in [0.1, 0.15) is 22.3 Å². The van der Waals surface area contributed by atoms with Crippen molar-refractivity contribution in [3.05, 3.63) is 53.6 Å². The quantitative estimate of drug-likeness (QED) is 0.768. The number of aryl methyl sites for hydroxylation is 1. The number of hydrogen-bond donors (Lipinski definition) is 2. The van der Waals surface area contributed by atoms with Crippen molar-refractivity contribution in [2.24, 2.45) is 0 Å². The highest BCUT2D eigenvalue weighted by atomic mass is 16.1. The van der Waals surface area contributed by atoms with Crippen molar-refractivity contribution in [3.8, 4) is 11.4 Å². The molecule has 1 aliphatic heterocycles. The first-order chi connectivity index (χ1) is 12.2. The van der Waals surface area contributed by atoms with Crippen LogP contribution in [0.4, 0.5) is 11.4 Å². The number of aromatic nitrogens is 4. The molecular weight excluding hydrogens is 316 g/mol. The Bertz CT molecular complexity index is 888. The largest absolute Gasteiger partial charge is 0.374 e. The molecule has 0 saturated carbocycles. The maximum Gasteiger partial charge on any atom is 0.255 e. The maximum atomic E-state index is 12.5. The molecule has 0 fully saturated rings. The van der Waals surface area contributed by atoms with E-state index in [1.165, 1.54) is 17.7 Å². The third kappa shape index (κ3) is 3.08. The van der Waals surface area contributed by atoms with Crippen LogP contribution in [0.5, 0.6) is 0 Å². The third-order valence-corrected chi connectivity index (χ3v) is 4.44. The summed E-state index contributed by atoms with van der Waals surface area (Å²) in [5, 5.41) is 16.8. The van der Waals surface area contributed by atoms with Crippen LogP contribution in [0.15, 0.2) is 42.5 Å². The summed E-state index contributed by atoms with van der Waals surface area (Å²) in [6.45, 7) is 1.04. The second-order valence-electron chi connectivity index (χ2n) is 6.14. The molecule has 4 rings (SSSR count). The number of aromatic amines is 1. The summed E-state index contributed by atoms with van der Waals surface area (Å²) in [6, 6.07) is 13.2. The first-order valence-corrected chi connectivity index (χ1v) is 8.20. The van der Waals surface area contributed by atoms with E-state index < -0.39 is 0 Å². The van der Waals surface area contributed by atoms with E-state index in [0.29, 0.717) is 11.4 Å². The Balaban J connectivity index is 1.51. The Morgan fingerprint density at radius 1 is 1.20 bits per heavy atom. The number of fused-ring (bicyclic) bond motifs is 1. The van der Waals surface area contributed by atoms with Gasteiger partial charge in [0.25, 0.3) is 5.91 Å². The van der Waals surface area contributed by atoms with Crippen LogP contribution in [-0.2, 0) is 6.42 Å². The molecule has 0 spiro atoms. The van der Waals surface area contributed by atoms with E-state index in [2.05, 4.69) is 44.0 Å². The van der Waals surface area contributed by atoms with E-state index in [4.69, 9.17) is 0 Å². The highest BCUT2D eigenvalue weighted by Gasteiger charge is 2.15. The SMILES string of the molecule is CN1CCCc2ccc(NC(=O)c3ccc(-c4nn[nH]n4)cc3)cc21. The third-order valence-electron chi connectivity index (χ3n) is 4.44. The van der Waals surface area contributed by atoms with Crippen LogP contribution in [0, 0.1) is 0 Å². The van der Waals surface area contributed by atoms with Crippen molar-refractivity contribution >= 4 is 17.3 Å². The average Bonchev–Trinajstić information content (AvgIpc) is 3.17. The molecule has 1 aliphatic rings. The van der Waals surface area contributed by atoms with Crippen molar-refractivity contribution in [1.29, 1.82) is 0 Å². The van der Waals surface area contributed by atoms with E-state index in [1.807, 2.05) is 12.1 Å². The van der Waals surface area contributed by atoms with E-state index in [-0.39, 0.29) is 5.91 Å². The van der Waals surface area contributed by atoms with Gasteiger partial charge >= 0.3 is 0 Å². The van der Waals surface area contributed by atoms with Gasteiger partial charge in [0, 0.05) is 36.1 Å².